The van der Waals surface area contributed by atoms with Crippen molar-refractivity contribution in [2.24, 2.45) is 0 Å². The molecule has 0 bridgehead atoms. The molecule has 1 rings (SSSR count). The third-order valence-corrected chi connectivity index (χ3v) is 3.23. The van der Waals surface area contributed by atoms with Gasteiger partial charge in [-0.1, -0.05) is 19.1 Å². The minimum atomic E-state index is -0.152. The summed E-state index contributed by atoms with van der Waals surface area (Å²) in [4.78, 5) is 2.17. The van der Waals surface area contributed by atoms with Crippen LogP contribution in [0.5, 0.6) is 0 Å². The molecule has 19 heavy (non-hydrogen) atoms. The summed E-state index contributed by atoms with van der Waals surface area (Å²) in [5, 5.41) is 3.29. The average Bonchev–Trinajstić information content (AvgIpc) is 2.35. The molecule has 106 valence electrons. The monoisotopic (exact) mass is 264 g/mol. The van der Waals surface area contributed by atoms with E-state index < -0.39 is 0 Å². The highest BCUT2D eigenvalue weighted by Gasteiger charge is 2.20. The molecule has 0 aromatic heterocycles. The lowest BCUT2D eigenvalue weighted by molar-refractivity contribution is 0.537. The fraction of sp³-hybridized carbons (Fsp3) is 0.500. The van der Waals surface area contributed by atoms with E-state index in [1.54, 1.807) is 6.07 Å². The molecule has 2 nitrogen and oxygen atoms in total. The van der Waals surface area contributed by atoms with Gasteiger partial charge >= 0.3 is 0 Å². The molecule has 0 saturated carbocycles. The van der Waals surface area contributed by atoms with E-state index in [1.165, 1.54) is 6.07 Å². The molecule has 1 unspecified atom stereocenters. The van der Waals surface area contributed by atoms with E-state index in [0.717, 1.165) is 17.8 Å². The summed E-state index contributed by atoms with van der Waals surface area (Å²) in [7, 11) is 0. The molecule has 0 fully saturated rings. The van der Waals surface area contributed by atoms with Gasteiger partial charge in [0.1, 0.15) is 5.82 Å². The standard InChI is InChI=1S/C16H25FN2/c1-6-11-19(12(3)4)15-10-8-9-14(17)16(15)13(5)18-7-2/h6,8-10,12-13,18H,1,7,11H2,2-5H3. The summed E-state index contributed by atoms with van der Waals surface area (Å²) in [6.45, 7) is 13.6. The third-order valence-electron chi connectivity index (χ3n) is 3.23. The highest BCUT2D eigenvalue weighted by molar-refractivity contribution is 5.56. The van der Waals surface area contributed by atoms with Gasteiger partial charge in [0.2, 0.25) is 0 Å². The van der Waals surface area contributed by atoms with Crippen molar-refractivity contribution in [3.8, 4) is 0 Å². The van der Waals surface area contributed by atoms with Crippen LogP contribution in [-0.4, -0.2) is 19.1 Å². The Morgan fingerprint density at radius 2 is 2.05 bits per heavy atom. The molecule has 0 spiro atoms. The van der Waals surface area contributed by atoms with Gasteiger partial charge in [0.25, 0.3) is 0 Å². The Balaban J connectivity index is 3.24. The van der Waals surface area contributed by atoms with Crippen LogP contribution in [0.15, 0.2) is 30.9 Å². The molecule has 1 N–H and O–H groups in total. The van der Waals surface area contributed by atoms with E-state index in [1.807, 2.05) is 26.0 Å². The lowest BCUT2D eigenvalue weighted by Gasteiger charge is -2.31. The quantitative estimate of drug-likeness (QED) is 0.751. The van der Waals surface area contributed by atoms with Gasteiger partial charge in [0.15, 0.2) is 0 Å². The Morgan fingerprint density at radius 3 is 2.58 bits per heavy atom. The molecule has 1 aromatic carbocycles. The molecular formula is C16H25FN2. The topological polar surface area (TPSA) is 15.3 Å². The first-order valence-corrected chi connectivity index (χ1v) is 6.92. The average molecular weight is 264 g/mol. The molecule has 1 atom stereocenters. The second kappa shape index (κ2) is 7.29. The summed E-state index contributed by atoms with van der Waals surface area (Å²) >= 11 is 0. The van der Waals surface area contributed by atoms with E-state index in [2.05, 4.69) is 30.6 Å². The van der Waals surface area contributed by atoms with Crippen LogP contribution < -0.4 is 10.2 Å². The van der Waals surface area contributed by atoms with Gasteiger partial charge in [-0.25, -0.2) is 4.39 Å². The predicted octanol–water partition coefficient (Wildman–Crippen LogP) is 3.90. The van der Waals surface area contributed by atoms with Crippen LogP contribution >= 0.6 is 0 Å². The molecule has 0 aliphatic carbocycles. The van der Waals surface area contributed by atoms with Gasteiger partial charge < -0.3 is 10.2 Å². The third kappa shape index (κ3) is 3.80. The molecule has 0 aliphatic rings. The number of hydrogen-bond acceptors (Lipinski definition) is 2. The van der Waals surface area contributed by atoms with Crippen molar-refractivity contribution < 1.29 is 4.39 Å². The Bertz CT molecular complexity index is 415. The number of anilines is 1. The zero-order valence-electron chi connectivity index (χ0n) is 12.4. The minimum absolute atomic E-state index is 0.00716. The fourth-order valence-electron chi connectivity index (χ4n) is 2.34. The summed E-state index contributed by atoms with van der Waals surface area (Å²) < 4.78 is 14.2. The maximum Gasteiger partial charge on any atom is 0.130 e. The highest BCUT2D eigenvalue weighted by Crippen LogP contribution is 2.30. The van der Waals surface area contributed by atoms with E-state index in [9.17, 15) is 4.39 Å². The number of nitrogens with one attached hydrogen (secondary N) is 1. The van der Waals surface area contributed by atoms with Gasteiger partial charge in [0.05, 0.1) is 0 Å². The highest BCUT2D eigenvalue weighted by atomic mass is 19.1. The number of benzene rings is 1. The van der Waals surface area contributed by atoms with E-state index >= 15 is 0 Å². The summed E-state index contributed by atoms with van der Waals surface area (Å²) in [6, 6.07) is 5.57. The molecule has 0 radical (unpaired) electrons. The Labute approximate surface area is 116 Å². The fourth-order valence-corrected chi connectivity index (χ4v) is 2.34. The van der Waals surface area contributed by atoms with Crippen molar-refractivity contribution in [3.05, 3.63) is 42.2 Å². The second-order valence-electron chi connectivity index (χ2n) is 4.99. The maximum absolute atomic E-state index is 14.2. The van der Waals surface area contributed by atoms with Crippen molar-refractivity contribution in [2.75, 3.05) is 18.0 Å². The van der Waals surface area contributed by atoms with E-state index in [-0.39, 0.29) is 11.9 Å². The summed E-state index contributed by atoms with van der Waals surface area (Å²) in [6.07, 6.45) is 1.85. The van der Waals surface area contributed by atoms with Crippen LogP contribution in [0.2, 0.25) is 0 Å². The zero-order chi connectivity index (χ0) is 14.4. The summed E-state index contributed by atoms with van der Waals surface area (Å²) in [5.41, 5.74) is 1.68. The number of halogens is 1. The predicted molar refractivity (Wildman–Crippen MR) is 81.2 cm³/mol. The van der Waals surface area contributed by atoms with E-state index in [4.69, 9.17) is 0 Å². The van der Waals surface area contributed by atoms with Crippen molar-refractivity contribution in [1.29, 1.82) is 0 Å². The van der Waals surface area contributed by atoms with Gasteiger partial charge in [-0.3, -0.25) is 0 Å². The molecule has 3 heteroatoms. The van der Waals surface area contributed by atoms with Crippen molar-refractivity contribution in [1.82, 2.24) is 5.32 Å². The largest absolute Gasteiger partial charge is 0.365 e. The van der Waals surface area contributed by atoms with Gasteiger partial charge in [-0.15, -0.1) is 6.58 Å². The lowest BCUT2D eigenvalue weighted by atomic mass is 10.0. The van der Waals surface area contributed by atoms with Crippen LogP contribution in [0.1, 0.15) is 39.3 Å². The van der Waals surface area contributed by atoms with Gasteiger partial charge in [-0.05, 0) is 39.4 Å². The van der Waals surface area contributed by atoms with E-state index in [0.29, 0.717) is 12.6 Å². The molecule has 0 saturated heterocycles. The Hall–Kier alpha value is -1.35. The maximum atomic E-state index is 14.2. The Kier molecular flexibility index (Phi) is 6.03. The first-order chi connectivity index (χ1) is 9.02. The minimum Gasteiger partial charge on any atom is -0.365 e. The Morgan fingerprint density at radius 1 is 1.37 bits per heavy atom. The van der Waals surface area contributed by atoms with Gasteiger partial charge in [0, 0.05) is 29.9 Å². The zero-order valence-corrected chi connectivity index (χ0v) is 12.4. The molecular weight excluding hydrogens is 239 g/mol. The molecule has 0 heterocycles. The summed E-state index contributed by atoms with van der Waals surface area (Å²) in [5.74, 6) is -0.152. The first-order valence-electron chi connectivity index (χ1n) is 6.92. The van der Waals surface area contributed by atoms with Crippen LogP contribution in [0.3, 0.4) is 0 Å². The van der Waals surface area contributed by atoms with Crippen LogP contribution in [0.25, 0.3) is 0 Å². The van der Waals surface area contributed by atoms with Crippen molar-refractivity contribution >= 4 is 5.69 Å². The van der Waals surface area contributed by atoms with Gasteiger partial charge in [-0.2, -0.15) is 0 Å². The smallest absolute Gasteiger partial charge is 0.130 e. The van der Waals surface area contributed by atoms with Crippen molar-refractivity contribution in [3.63, 3.8) is 0 Å². The van der Waals surface area contributed by atoms with Crippen molar-refractivity contribution in [2.45, 2.75) is 39.8 Å². The lowest BCUT2D eigenvalue weighted by Crippen LogP contribution is -2.33. The normalized spacial score (nSPS) is 12.5. The molecule has 1 aromatic rings. The van der Waals surface area contributed by atoms with Crippen LogP contribution in [0.4, 0.5) is 10.1 Å². The van der Waals surface area contributed by atoms with Crippen LogP contribution in [-0.2, 0) is 0 Å². The van der Waals surface area contributed by atoms with Crippen LogP contribution in [0, 0.1) is 5.82 Å². The first kappa shape index (κ1) is 15.7. The molecule has 0 aliphatic heterocycles. The second-order valence-corrected chi connectivity index (χ2v) is 4.99. The number of hydrogen-bond donors (Lipinski definition) is 1. The number of nitrogens with zero attached hydrogens (tertiary/aromatic N) is 1. The SMILES string of the molecule is C=CCN(c1cccc(F)c1C(C)NCC)C(C)C. The molecule has 0 amide bonds. The number of rotatable bonds is 7.